The first-order chi connectivity index (χ1) is 9.36. The molecule has 2 aromatic carbocycles. The first kappa shape index (κ1) is 12.0. The number of rotatable bonds is 1. The lowest BCUT2D eigenvalue weighted by Gasteiger charge is -2.23. The molecule has 1 aliphatic rings. The minimum atomic E-state index is 0.106. The van der Waals surface area contributed by atoms with Crippen molar-refractivity contribution in [2.24, 2.45) is 0 Å². The van der Waals surface area contributed by atoms with Crippen LogP contribution in [0, 0.1) is 0 Å². The molecule has 0 fully saturated rings. The van der Waals surface area contributed by atoms with Gasteiger partial charge < -0.3 is 4.90 Å². The van der Waals surface area contributed by atoms with Gasteiger partial charge in [-0.2, -0.15) is 0 Å². The summed E-state index contributed by atoms with van der Waals surface area (Å²) in [6.45, 7) is 0.810. The van der Waals surface area contributed by atoms with Gasteiger partial charge >= 0.3 is 0 Å². The Kier molecular flexibility index (Phi) is 3.32. The van der Waals surface area contributed by atoms with Gasteiger partial charge in [-0.15, -0.1) is 0 Å². The van der Waals surface area contributed by atoms with E-state index in [0.29, 0.717) is 0 Å². The number of nitrogens with zero attached hydrogens (tertiary/aromatic N) is 1. The molecule has 1 heterocycles. The highest BCUT2D eigenvalue weighted by Gasteiger charge is 2.21. The maximum absolute atomic E-state index is 12.6. The van der Waals surface area contributed by atoms with Gasteiger partial charge in [-0.05, 0) is 43.0 Å². The van der Waals surface area contributed by atoms with Crippen molar-refractivity contribution in [2.45, 2.75) is 19.3 Å². The topological polar surface area (TPSA) is 20.3 Å². The van der Waals surface area contributed by atoms with Crippen molar-refractivity contribution in [1.29, 1.82) is 0 Å². The average Bonchev–Trinajstić information content (AvgIpc) is 2.70. The van der Waals surface area contributed by atoms with Crippen LogP contribution in [0.5, 0.6) is 0 Å². The fraction of sp³-hybridized carbons (Fsp3) is 0.235. The van der Waals surface area contributed by atoms with Gasteiger partial charge in [-0.25, -0.2) is 0 Å². The first-order valence-corrected chi connectivity index (χ1v) is 6.81. The second-order valence-electron chi connectivity index (χ2n) is 4.91. The number of aryl methyl sites for hydroxylation is 1. The molecule has 0 radical (unpaired) electrons. The third-order valence-electron chi connectivity index (χ3n) is 3.63. The Hall–Kier alpha value is -2.09. The summed E-state index contributed by atoms with van der Waals surface area (Å²) >= 11 is 0. The summed E-state index contributed by atoms with van der Waals surface area (Å²) < 4.78 is 0. The van der Waals surface area contributed by atoms with Crippen LogP contribution < -0.4 is 4.90 Å². The van der Waals surface area contributed by atoms with Gasteiger partial charge in [0.1, 0.15) is 0 Å². The highest BCUT2D eigenvalue weighted by atomic mass is 16.2. The smallest absolute Gasteiger partial charge is 0.258 e. The number of para-hydroxylation sites is 1. The van der Waals surface area contributed by atoms with E-state index < -0.39 is 0 Å². The van der Waals surface area contributed by atoms with Gasteiger partial charge in [0.15, 0.2) is 0 Å². The quantitative estimate of drug-likeness (QED) is 0.757. The Morgan fingerprint density at radius 3 is 2.47 bits per heavy atom. The zero-order valence-corrected chi connectivity index (χ0v) is 10.9. The predicted octanol–water partition coefficient (Wildman–Crippen LogP) is 3.67. The SMILES string of the molecule is O=C(c1ccccc1)N1CCCCc2ccccc21. The molecule has 0 unspecified atom stereocenters. The highest BCUT2D eigenvalue weighted by molar-refractivity contribution is 6.06. The zero-order chi connectivity index (χ0) is 13.1. The number of carbonyl (C=O) groups excluding carboxylic acids is 1. The average molecular weight is 251 g/mol. The van der Waals surface area contributed by atoms with Gasteiger partial charge in [0, 0.05) is 17.8 Å². The van der Waals surface area contributed by atoms with E-state index in [4.69, 9.17) is 0 Å². The fourth-order valence-electron chi connectivity index (χ4n) is 2.64. The van der Waals surface area contributed by atoms with Crippen LogP contribution in [0.4, 0.5) is 5.69 Å². The summed E-state index contributed by atoms with van der Waals surface area (Å²) in [6.07, 6.45) is 3.28. The van der Waals surface area contributed by atoms with Crippen molar-refractivity contribution in [1.82, 2.24) is 0 Å². The van der Waals surface area contributed by atoms with Crippen molar-refractivity contribution in [3.8, 4) is 0 Å². The Morgan fingerprint density at radius 2 is 1.63 bits per heavy atom. The van der Waals surface area contributed by atoms with E-state index in [1.54, 1.807) is 0 Å². The molecule has 1 amide bonds. The molecule has 2 heteroatoms. The summed E-state index contributed by atoms with van der Waals surface area (Å²) in [5, 5.41) is 0. The molecular weight excluding hydrogens is 234 g/mol. The molecule has 2 aromatic rings. The standard InChI is InChI=1S/C17H17NO/c19-17(15-10-2-1-3-11-15)18-13-7-6-9-14-8-4-5-12-16(14)18/h1-5,8,10-12H,6-7,9,13H2. The molecule has 0 saturated heterocycles. The van der Waals surface area contributed by atoms with E-state index in [1.165, 1.54) is 5.56 Å². The number of hydrogen-bond acceptors (Lipinski definition) is 1. The molecule has 1 aliphatic heterocycles. The van der Waals surface area contributed by atoms with Gasteiger partial charge in [0.05, 0.1) is 0 Å². The van der Waals surface area contributed by atoms with Crippen LogP contribution in [0.2, 0.25) is 0 Å². The molecule has 3 rings (SSSR count). The predicted molar refractivity (Wildman–Crippen MR) is 77.5 cm³/mol. The van der Waals surface area contributed by atoms with Crippen LogP contribution in [0.25, 0.3) is 0 Å². The lowest BCUT2D eigenvalue weighted by atomic mass is 10.1. The molecular formula is C17H17NO. The highest BCUT2D eigenvalue weighted by Crippen LogP contribution is 2.27. The number of benzene rings is 2. The Labute approximate surface area is 113 Å². The van der Waals surface area contributed by atoms with Crippen molar-refractivity contribution in [3.05, 3.63) is 65.7 Å². The lowest BCUT2D eigenvalue weighted by molar-refractivity contribution is 0.0987. The molecule has 0 bridgehead atoms. The first-order valence-electron chi connectivity index (χ1n) is 6.81. The van der Waals surface area contributed by atoms with Crippen molar-refractivity contribution < 1.29 is 4.79 Å². The summed E-state index contributed by atoms with van der Waals surface area (Å²) in [6, 6.07) is 17.8. The van der Waals surface area contributed by atoms with E-state index in [-0.39, 0.29) is 5.91 Å². The zero-order valence-electron chi connectivity index (χ0n) is 10.9. The summed E-state index contributed by atoms with van der Waals surface area (Å²) in [5.41, 5.74) is 3.12. The minimum absolute atomic E-state index is 0.106. The Morgan fingerprint density at radius 1 is 0.895 bits per heavy atom. The molecule has 96 valence electrons. The summed E-state index contributed by atoms with van der Waals surface area (Å²) in [5.74, 6) is 0.106. The summed E-state index contributed by atoms with van der Waals surface area (Å²) in [4.78, 5) is 14.6. The van der Waals surface area contributed by atoms with Crippen LogP contribution in [0.3, 0.4) is 0 Å². The number of anilines is 1. The normalized spacial score (nSPS) is 14.6. The van der Waals surface area contributed by atoms with Crippen molar-refractivity contribution >= 4 is 11.6 Å². The number of fused-ring (bicyclic) bond motifs is 1. The number of amides is 1. The van der Waals surface area contributed by atoms with Crippen LogP contribution >= 0.6 is 0 Å². The van der Waals surface area contributed by atoms with E-state index in [1.807, 2.05) is 41.3 Å². The molecule has 0 N–H and O–H groups in total. The van der Waals surface area contributed by atoms with Gasteiger partial charge in [-0.1, -0.05) is 36.4 Å². The van der Waals surface area contributed by atoms with Crippen LogP contribution in [0.1, 0.15) is 28.8 Å². The minimum Gasteiger partial charge on any atom is -0.308 e. The van der Waals surface area contributed by atoms with Gasteiger partial charge in [0.25, 0.3) is 5.91 Å². The monoisotopic (exact) mass is 251 g/mol. The van der Waals surface area contributed by atoms with E-state index in [2.05, 4.69) is 18.2 Å². The van der Waals surface area contributed by atoms with Crippen LogP contribution in [-0.4, -0.2) is 12.5 Å². The van der Waals surface area contributed by atoms with E-state index in [9.17, 15) is 4.79 Å². The fourth-order valence-corrected chi connectivity index (χ4v) is 2.64. The molecule has 2 nitrogen and oxygen atoms in total. The second kappa shape index (κ2) is 5.27. The van der Waals surface area contributed by atoms with Crippen LogP contribution in [0.15, 0.2) is 54.6 Å². The molecule has 0 spiro atoms. The molecule has 0 saturated carbocycles. The third-order valence-corrected chi connectivity index (χ3v) is 3.63. The number of hydrogen-bond donors (Lipinski definition) is 0. The Bertz CT molecular complexity index is 577. The molecule has 0 atom stereocenters. The van der Waals surface area contributed by atoms with Crippen molar-refractivity contribution in [2.75, 3.05) is 11.4 Å². The largest absolute Gasteiger partial charge is 0.308 e. The van der Waals surface area contributed by atoms with E-state index in [0.717, 1.165) is 37.1 Å². The van der Waals surface area contributed by atoms with Crippen LogP contribution in [-0.2, 0) is 6.42 Å². The Balaban J connectivity index is 1.99. The number of carbonyl (C=O) groups is 1. The lowest BCUT2D eigenvalue weighted by Crippen LogP contribution is -2.31. The maximum Gasteiger partial charge on any atom is 0.258 e. The van der Waals surface area contributed by atoms with Gasteiger partial charge in [0.2, 0.25) is 0 Å². The molecule has 0 aromatic heterocycles. The van der Waals surface area contributed by atoms with Gasteiger partial charge in [-0.3, -0.25) is 4.79 Å². The maximum atomic E-state index is 12.6. The second-order valence-corrected chi connectivity index (χ2v) is 4.91. The molecule has 19 heavy (non-hydrogen) atoms. The van der Waals surface area contributed by atoms with E-state index >= 15 is 0 Å². The summed E-state index contributed by atoms with van der Waals surface area (Å²) in [7, 11) is 0. The van der Waals surface area contributed by atoms with Crippen molar-refractivity contribution in [3.63, 3.8) is 0 Å². The third kappa shape index (κ3) is 2.39. The molecule has 0 aliphatic carbocycles.